The predicted octanol–water partition coefficient (Wildman–Crippen LogP) is 7.76. The fraction of sp³-hybridized carbons (Fsp3) is 0.0714. The Kier molecular flexibility index (Phi) is 4.01. The lowest BCUT2D eigenvalue weighted by Gasteiger charge is -2.11. The Morgan fingerprint density at radius 1 is 0.556 bits per heavy atom. The lowest BCUT2D eigenvalue weighted by Crippen LogP contribution is -1.88. The summed E-state index contributed by atoms with van der Waals surface area (Å²) in [4.78, 5) is 7.13. The van der Waals surface area contributed by atoms with E-state index in [1.54, 1.807) is 0 Å². The zero-order chi connectivity index (χ0) is 24.0. The summed E-state index contributed by atoms with van der Waals surface area (Å²) in [5.41, 5.74) is 13.1. The Labute approximate surface area is 213 Å². The van der Waals surface area contributed by atoms with Gasteiger partial charge in [0.05, 0.1) is 23.5 Å². The highest BCUT2D eigenvalue weighted by molar-refractivity contribution is 7.00. The van der Waals surface area contributed by atoms with E-state index in [0.717, 1.165) is 55.4 Å². The highest BCUT2D eigenvalue weighted by Gasteiger charge is 2.19. The number of H-pyrrole nitrogens is 2. The van der Waals surface area contributed by atoms with Crippen LogP contribution < -0.4 is 0 Å². The lowest BCUT2D eigenvalue weighted by molar-refractivity contribution is 1.42. The van der Waals surface area contributed by atoms with Crippen molar-refractivity contribution in [1.82, 2.24) is 27.5 Å². The second-order valence-electron chi connectivity index (χ2n) is 9.22. The first-order chi connectivity index (χ1) is 17.7. The summed E-state index contributed by atoms with van der Waals surface area (Å²) in [6, 6.07) is 17.1. The van der Waals surface area contributed by atoms with Crippen molar-refractivity contribution in [2.75, 3.05) is 0 Å². The van der Waals surface area contributed by atoms with Crippen molar-refractivity contribution in [3.8, 4) is 22.3 Å². The molecule has 6 nitrogen and oxygen atoms in total. The van der Waals surface area contributed by atoms with Crippen LogP contribution in [0.25, 0.3) is 76.9 Å². The minimum Gasteiger partial charge on any atom is -0.360 e. The number of fused-ring (bicyclic) bond motifs is 5. The average molecular weight is 503 g/mol. The van der Waals surface area contributed by atoms with Crippen LogP contribution in [0.1, 0.15) is 11.1 Å². The van der Waals surface area contributed by atoms with E-state index in [1.165, 1.54) is 56.1 Å². The van der Waals surface area contributed by atoms with Crippen LogP contribution in [-0.2, 0) is 0 Å². The molecule has 0 radical (unpaired) electrons. The molecule has 0 atom stereocenters. The Balaban J connectivity index is 1.43. The first-order valence-electron chi connectivity index (χ1n) is 11.7. The third kappa shape index (κ3) is 2.60. The summed E-state index contributed by atoms with van der Waals surface area (Å²) in [5.74, 6) is 0. The molecule has 0 saturated heterocycles. The first kappa shape index (κ1) is 20.1. The summed E-state index contributed by atoms with van der Waals surface area (Å²) < 4.78 is 18.0. The van der Waals surface area contributed by atoms with Gasteiger partial charge in [-0.25, -0.2) is 0 Å². The molecule has 36 heavy (non-hydrogen) atoms. The largest absolute Gasteiger partial charge is 0.360 e. The highest BCUT2D eigenvalue weighted by atomic mass is 32.1. The molecule has 0 spiro atoms. The molecular formula is C28H18N6S2. The van der Waals surface area contributed by atoms with Crippen molar-refractivity contribution >= 4 is 78.1 Å². The van der Waals surface area contributed by atoms with Crippen molar-refractivity contribution in [2.45, 2.75) is 13.8 Å². The minimum atomic E-state index is 0.937. The molecule has 0 aliphatic carbocycles. The molecule has 8 heteroatoms. The summed E-state index contributed by atoms with van der Waals surface area (Å²) >= 11 is 2.52. The number of rotatable bonds is 2. The van der Waals surface area contributed by atoms with E-state index in [2.05, 4.69) is 90.1 Å². The van der Waals surface area contributed by atoms with Gasteiger partial charge in [-0.3, -0.25) is 0 Å². The van der Waals surface area contributed by atoms with Gasteiger partial charge in [-0.2, -0.15) is 17.5 Å². The third-order valence-corrected chi connectivity index (χ3v) is 8.50. The monoisotopic (exact) mass is 502 g/mol. The molecule has 172 valence electrons. The molecular weight excluding hydrogens is 484 g/mol. The van der Waals surface area contributed by atoms with Crippen LogP contribution in [0.15, 0.2) is 60.9 Å². The molecule has 4 aromatic heterocycles. The van der Waals surface area contributed by atoms with E-state index in [9.17, 15) is 0 Å². The number of nitrogens with zero attached hydrogens (tertiary/aromatic N) is 4. The molecule has 4 aromatic carbocycles. The van der Waals surface area contributed by atoms with Gasteiger partial charge in [-0.05, 0) is 60.0 Å². The Bertz CT molecular complexity index is 1990. The van der Waals surface area contributed by atoms with Crippen LogP contribution in [0.4, 0.5) is 0 Å². The maximum absolute atomic E-state index is 4.58. The summed E-state index contributed by atoms with van der Waals surface area (Å²) in [5, 5.41) is 4.90. The van der Waals surface area contributed by atoms with Gasteiger partial charge in [0.25, 0.3) is 0 Å². The minimum absolute atomic E-state index is 0.937. The van der Waals surface area contributed by atoms with Gasteiger partial charge in [0.1, 0.15) is 22.1 Å². The molecule has 8 rings (SSSR count). The smallest absolute Gasteiger partial charge is 0.112 e. The Morgan fingerprint density at radius 2 is 1.03 bits per heavy atom. The van der Waals surface area contributed by atoms with Crippen LogP contribution in [0.5, 0.6) is 0 Å². The quantitative estimate of drug-likeness (QED) is 0.253. The van der Waals surface area contributed by atoms with Crippen LogP contribution in [0.2, 0.25) is 0 Å². The standard InChI is InChI=1S/C28H18N6S2/c1-13-17-9-20-22(16-6-4-8-24-28(16)34-36-32-24)12-30-26(20)14(2)18(17)10-19-21(11-29-25(13)19)15-5-3-7-23-27(15)33-35-31-23/h3-12,29-30H,1-2H3. The SMILES string of the molecule is Cc1c2cc3c(-c4cccc5nsnc45)c[nH]c3c(C)c2cc2c(-c3cccc4nsnc34)c[nH]c12. The van der Waals surface area contributed by atoms with Gasteiger partial charge in [0, 0.05) is 56.5 Å². The fourth-order valence-corrected chi connectivity index (χ4v) is 6.72. The van der Waals surface area contributed by atoms with Gasteiger partial charge >= 0.3 is 0 Å². The number of nitrogens with one attached hydrogen (secondary N) is 2. The van der Waals surface area contributed by atoms with E-state index in [-0.39, 0.29) is 0 Å². The maximum atomic E-state index is 4.58. The van der Waals surface area contributed by atoms with Crippen molar-refractivity contribution in [3.05, 3.63) is 72.1 Å². The molecule has 0 fully saturated rings. The second kappa shape index (κ2) is 7.19. The van der Waals surface area contributed by atoms with Crippen molar-refractivity contribution in [2.24, 2.45) is 0 Å². The molecule has 0 amide bonds. The van der Waals surface area contributed by atoms with Gasteiger partial charge in [-0.1, -0.05) is 24.3 Å². The van der Waals surface area contributed by atoms with Gasteiger partial charge in [-0.15, -0.1) is 0 Å². The summed E-state index contributed by atoms with van der Waals surface area (Å²) in [6.45, 7) is 4.41. The van der Waals surface area contributed by atoms with Crippen molar-refractivity contribution in [1.29, 1.82) is 0 Å². The van der Waals surface area contributed by atoms with Gasteiger partial charge < -0.3 is 9.97 Å². The van der Waals surface area contributed by atoms with E-state index in [4.69, 9.17) is 0 Å². The first-order valence-corrected chi connectivity index (χ1v) is 13.1. The predicted molar refractivity (Wildman–Crippen MR) is 150 cm³/mol. The van der Waals surface area contributed by atoms with E-state index in [1.807, 2.05) is 12.1 Å². The maximum Gasteiger partial charge on any atom is 0.112 e. The average Bonchev–Trinajstić information content (AvgIpc) is 3.69. The second-order valence-corrected chi connectivity index (χ2v) is 10.3. The number of aryl methyl sites for hydroxylation is 2. The highest BCUT2D eigenvalue weighted by Crippen LogP contribution is 2.42. The number of benzene rings is 4. The Morgan fingerprint density at radius 3 is 1.50 bits per heavy atom. The fourth-order valence-electron chi connectivity index (χ4n) is 5.62. The molecule has 0 aliphatic rings. The van der Waals surface area contributed by atoms with Gasteiger partial charge in [0.15, 0.2) is 0 Å². The zero-order valence-corrected chi connectivity index (χ0v) is 21.0. The van der Waals surface area contributed by atoms with Crippen molar-refractivity contribution < 1.29 is 0 Å². The third-order valence-electron chi connectivity index (χ3n) is 7.42. The molecule has 0 saturated carbocycles. The van der Waals surface area contributed by atoms with Crippen LogP contribution in [-0.4, -0.2) is 27.5 Å². The van der Waals surface area contributed by atoms with Gasteiger partial charge in [0.2, 0.25) is 0 Å². The van der Waals surface area contributed by atoms with E-state index < -0.39 is 0 Å². The number of aromatic amines is 2. The van der Waals surface area contributed by atoms with Crippen LogP contribution in [0.3, 0.4) is 0 Å². The van der Waals surface area contributed by atoms with Crippen LogP contribution >= 0.6 is 23.5 Å². The molecule has 2 N–H and O–H groups in total. The number of hydrogen-bond donors (Lipinski definition) is 2. The van der Waals surface area contributed by atoms with Crippen LogP contribution in [0, 0.1) is 13.8 Å². The normalized spacial score (nSPS) is 12.2. The van der Waals surface area contributed by atoms with E-state index >= 15 is 0 Å². The van der Waals surface area contributed by atoms with Crippen molar-refractivity contribution in [3.63, 3.8) is 0 Å². The lowest BCUT2D eigenvalue weighted by atomic mass is 9.92. The molecule has 4 heterocycles. The number of hydrogen-bond acceptors (Lipinski definition) is 6. The number of aromatic nitrogens is 6. The molecule has 0 unspecified atom stereocenters. The molecule has 8 aromatic rings. The topological polar surface area (TPSA) is 83.1 Å². The molecule has 0 bridgehead atoms. The zero-order valence-electron chi connectivity index (χ0n) is 19.4. The molecule has 0 aliphatic heterocycles. The Hall–Kier alpha value is -4.14. The summed E-state index contributed by atoms with van der Waals surface area (Å²) in [6.07, 6.45) is 4.21. The summed E-state index contributed by atoms with van der Waals surface area (Å²) in [7, 11) is 0. The van der Waals surface area contributed by atoms with E-state index in [0.29, 0.717) is 0 Å².